The largest absolute Gasteiger partial charge is 0.344 e. The van der Waals surface area contributed by atoms with Crippen molar-refractivity contribution in [3.8, 4) is 12.3 Å². The van der Waals surface area contributed by atoms with Gasteiger partial charge in [0.15, 0.2) is 0 Å². The summed E-state index contributed by atoms with van der Waals surface area (Å²) in [6.07, 6.45) is 6.89. The Balaban J connectivity index is 2.29. The van der Waals surface area contributed by atoms with Crippen LogP contribution in [0.2, 0.25) is 0 Å². The summed E-state index contributed by atoms with van der Waals surface area (Å²) in [4.78, 5) is 22.2. The smallest absolute Gasteiger partial charge is 0.269 e. The Morgan fingerprint density at radius 3 is 2.62 bits per heavy atom. The van der Waals surface area contributed by atoms with Crippen molar-refractivity contribution in [2.75, 3.05) is 13.1 Å². The van der Waals surface area contributed by atoms with Crippen molar-refractivity contribution in [1.29, 1.82) is 0 Å². The third-order valence-electron chi connectivity index (χ3n) is 3.78. The molecule has 0 bridgehead atoms. The Bertz CT molecular complexity index is 767. The number of terminal acetylenes is 1. The number of nitro groups is 1. The normalized spacial score (nSPS) is 18.5. The van der Waals surface area contributed by atoms with Gasteiger partial charge in [-0.25, -0.2) is 8.42 Å². The van der Waals surface area contributed by atoms with Crippen molar-refractivity contribution in [2.24, 2.45) is 0 Å². The third kappa shape index (κ3) is 3.72. The second-order valence-electron chi connectivity index (χ2n) is 5.30. The van der Waals surface area contributed by atoms with E-state index in [0.29, 0.717) is 12.8 Å². The van der Waals surface area contributed by atoms with E-state index in [-0.39, 0.29) is 23.7 Å². The quantitative estimate of drug-likeness (QED) is 0.481. The first-order valence-electron chi connectivity index (χ1n) is 7.35. The molecule has 24 heavy (non-hydrogen) atoms. The molecule has 2 rings (SSSR count). The summed E-state index contributed by atoms with van der Waals surface area (Å²) in [5.74, 6) is 1.84. The molecule has 0 saturated carbocycles. The maximum absolute atomic E-state index is 12.8. The zero-order valence-corrected chi connectivity index (χ0v) is 13.7. The minimum atomic E-state index is -3.93. The van der Waals surface area contributed by atoms with E-state index in [1.54, 1.807) is 0 Å². The highest BCUT2D eigenvalue weighted by Gasteiger charge is 2.37. The summed E-state index contributed by atoms with van der Waals surface area (Å²) in [6, 6.07) is 3.79. The lowest BCUT2D eigenvalue weighted by Gasteiger charge is -2.33. The van der Waals surface area contributed by atoms with E-state index >= 15 is 0 Å². The molecule has 1 saturated heterocycles. The first-order chi connectivity index (χ1) is 11.4. The summed E-state index contributed by atoms with van der Waals surface area (Å²) in [7, 11) is -3.93. The molecule has 128 valence electrons. The van der Waals surface area contributed by atoms with Crippen LogP contribution in [0.4, 0.5) is 5.69 Å². The van der Waals surface area contributed by atoms with Crippen LogP contribution in [0.25, 0.3) is 0 Å². The van der Waals surface area contributed by atoms with Crippen molar-refractivity contribution in [3.63, 3.8) is 0 Å². The van der Waals surface area contributed by atoms with E-state index in [1.807, 2.05) is 0 Å². The summed E-state index contributed by atoms with van der Waals surface area (Å²) in [5, 5.41) is 13.2. The number of piperidine rings is 1. The highest BCUT2D eigenvalue weighted by atomic mass is 32.2. The Labute approximate surface area is 140 Å². The van der Waals surface area contributed by atoms with Gasteiger partial charge in [-0.05, 0) is 25.0 Å². The molecule has 1 aliphatic heterocycles. The SMILES string of the molecule is C#CCNC(=O)[C@@H]1CCCCN1S(=O)(=O)c1ccc([N+](=O)[O-])cc1. The number of hydrogen-bond acceptors (Lipinski definition) is 5. The van der Waals surface area contributed by atoms with Crippen molar-refractivity contribution in [2.45, 2.75) is 30.2 Å². The molecule has 1 amide bonds. The number of nitrogens with zero attached hydrogens (tertiary/aromatic N) is 2. The monoisotopic (exact) mass is 351 g/mol. The molecule has 0 aliphatic carbocycles. The number of carbonyl (C=O) groups excluding carboxylic acids is 1. The number of nitro benzene ring substituents is 1. The molecular weight excluding hydrogens is 334 g/mol. The summed E-state index contributed by atoms with van der Waals surface area (Å²) in [6.45, 7) is 0.244. The molecule has 8 nitrogen and oxygen atoms in total. The van der Waals surface area contributed by atoms with Gasteiger partial charge in [0.1, 0.15) is 6.04 Å². The average molecular weight is 351 g/mol. The van der Waals surface area contributed by atoms with E-state index in [4.69, 9.17) is 6.42 Å². The predicted molar refractivity (Wildman–Crippen MR) is 86.5 cm³/mol. The zero-order chi connectivity index (χ0) is 17.7. The molecule has 0 spiro atoms. The average Bonchev–Trinajstić information content (AvgIpc) is 2.59. The summed E-state index contributed by atoms with van der Waals surface area (Å²) < 4.78 is 26.7. The molecular formula is C15H17N3O5S. The van der Waals surface area contributed by atoms with E-state index in [0.717, 1.165) is 22.9 Å². The van der Waals surface area contributed by atoms with Gasteiger partial charge in [0.2, 0.25) is 15.9 Å². The van der Waals surface area contributed by atoms with Gasteiger partial charge in [0.05, 0.1) is 16.4 Å². The van der Waals surface area contributed by atoms with Crippen LogP contribution in [-0.4, -0.2) is 42.7 Å². The van der Waals surface area contributed by atoms with E-state index in [2.05, 4.69) is 11.2 Å². The lowest BCUT2D eigenvalue weighted by Crippen LogP contribution is -2.51. The lowest BCUT2D eigenvalue weighted by atomic mass is 10.0. The van der Waals surface area contributed by atoms with Gasteiger partial charge in [0.25, 0.3) is 5.69 Å². The number of non-ortho nitro benzene ring substituents is 1. The second-order valence-corrected chi connectivity index (χ2v) is 7.19. The molecule has 0 radical (unpaired) electrons. The fourth-order valence-corrected chi connectivity index (χ4v) is 4.24. The molecule has 1 fully saturated rings. The number of rotatable bonds is 5. The number of nitrogens with one attached hydrogen (secondary N) is 1. The lowest BCUT2D eigenvalue weighted by molar-refractivity contribution is -0.384. The Morgan fingerprint density at radius 1 is 1.38 bits per heavy atom. The minimum absolute atomic E-state index is 0.0285. The van der Waals surface area contributed by atoms with Crippen molar-refractivity contribution < 1.29 is 18.1 Å². The Morgan fingerprint density at radius 2 is 2.04 bits per heavy atom. The van der Waals surface area contributed by atoms with Crippen LogP contribution in [0.3, 0.4) is 0 Å². The van der Waals surface area contributed by atoms with Crippen LogP contribution in [0.1, 0.15) is 19.3 Å². The maximum atomic E-state index is 12.8. The van der Waals surface area contributed by atoms with E-state index < -0.39 is 26.9 Å². The maximum Gasteiger partial charge on any atom is 0.269 e. The van der Waals surface area contributed by atoms with Crippen LogP contribution in [0, 0.1) is 22.5 Å². The number of amides is 1. The van der Waals surface area contributed by atoms with Gasteiger partial charge in [-0.3, -0.25) is 14.9 Å². The standard InChI is InChI=1S/C15H17N3O5S/c1-2-10-16-15(19)14-5-3-4-11-17(14)24(22,23)13-8-6-12(7-9-13)18(20)21/h1,6-9,14H,3-5,10-11H2,(H,16,19)/t14-/m0/s1. The minimum Gasteiger partial charge on any atom is -0.344 e. The molecule has 1 aromatic carbocycles. The molecule has 9 heteroatoms. The van der Waals surface area contributed by atoms with Crippen LogP contribution in [0.15, 0.2) is 29.2 Å². The number of hydrogen-bond donors (Lipinski definition) is 1. The van der Waals surface area contributed by atoms with E-state index in [9.17, 15) is 23.3 Å². The highest BCUT2D eigenvalue weighted by molar-refractivity contribution is 7.89. The Hall–Kier alpha value is -2.44. The predicted octanol–water partition coefficient (Wildman–Crippen LogP) is 0.887. The van der Waals surface area contributed by atoms with Gasteiger partial charge < -0.3 is 5.32 Å². The van der Waals surface area contributed by atoms with Crippen LogP contribution in [-0.2, 0) is 14.8 Å². The molecule has 1 aliphatic rings. The van der Waals surface area contributed by atoms with Gasteiger partial charge in [-0.2, -0.15) is 4.31 Å². The first kappa shape index (κ1) is 17.9. The third-order valence-corrected chi connectivity index (χ3v) is 5.70. The van der Waals surface area contributed by atoms with Gasteiger partial charge in [-0.15, -0.1) is 6.42 Å². The molecule has 1 atom stereocenters. The molecule has 0 aromatic heterocycles. The van der Waals surface area contributed by atoms with Gasteiger partial charge >= 0.3 is 0 Å². The van der Waals surface area contributed by atoms with Crippen molar-refractivity contribution >= 4 is 21.6 Å². The van der Waals surface area contributed by atoms with Gasteiger partial charge in [-0.1, -0.05) is 12.3 Å². The van der Waals surface area contributed by atoms with Crippen LogP contribution < -0.4 is 5.32 Å². The summed E-state index contributed by atoms with van der Waals surface area (Å²) >= 11 is 0. The van der Waals surface area contributed by atoms with Crippen molar-refractivity contribution in [3.05, 3.63) is 34.4 Å². The molecule has 1 heterocycles. The van der Waals surface area contributed by atoms with Crippen LogP contribution in [0.5, 0.6) is 0 Å². The molecule has 1 aromatic rings. The van der Waals surface area contributed by atoms with Gasteiger partial charge in [0, 0.05) is 18.7 Å². The number of carbonyl (C=O) groups is 1. The fourth-order valence-electron chi connectivity index (χ4n) is 2.59. The van der Waals surface area contributed by atoms with Crippen LogP contribution >= 0.6 is 0 Å². The number of sulfonamides is 1. The molecule has 0 unspecified atom stereocenters. The highest BCUT2D eigenvalue weighted by Crippen LogP contribution is 2.26. The topological polar surface area (TPSA) is 110 Å². The zero-order valence-electron chi connectivity index (χ0n) is 12.8. The second kappa shape index (κ2) is 7.42. The fraction of sp³-hybridized carbons (Fsp3) is 0.400. The number of benzene rings is 1. The van der Waals surface area contributed by atoms with Crippen molar-refractivity contribution in [1.82, 2.24) is 9.62 Å². The first-order valence-corrected chi connectivity index (χ1v) is 8.79. The summed E-state index contributed by atoms with van der Waals surface area (Å²) in [5.41, 5.74) is -0.198. The Kier molecular flexibility index (Phi) is 5.54. The molecule has 1 N–H and O–H groups in total. The van der Waals surface area contributed by atoms with E-state index in [1.165, 1.54) is 12.1 Å².